The van der Waals surface area contributed by atoms with E-state index >= 15 is 0 Å². The number of nitrogens with zero attached hydrogens (tertiary/aromatic N) is 3. The molecule has 0 unspecified atom stereocenters. The molecule has 0 aliphatic carbocycles. The summed E-state index contributed by atoms with van der Waals surface area (Å²) in [5.74, 6) is 6.73. The minimum Gasteiger partial charge on any atom is -0.507 e. The smallest absolute Gasteiger partial charge is 0.236 e. The lowest BCUT2D eigenvalue weighted by molar-refractivity contribution is 0.0877. The lowest BCUT2D eigenvalue weighted by Gasteiger charge is -1.99. The maximum Gasteiger partial charge on any atom is 0.236 e. The normalized spacial score (nSPS) is 10.6. The van der Waals surface area contributed by atoms with Crippen molar-refractivity contribution in [3.63, 3.8) is 0 Å². The zero-order chi connectivity index (χ0) is 17.6. The summed E-state index contributed by atoms with van der Waals surface area (Å²) in [6.07, 6.45) is 3.54. The second kappa shape index (κ2) is 7.66. The van der Waals surface area contributed by atoms with Gasteiger partial charge in [0.25, 0.3) is 0 Å². The Balaban J connectivity index is 1.84. The number of para-hydroxylation sites is 1. The summed E-state index contributed by atoms with van der Waals surface area (Å²) in [6.45, 7) is 1.30. The van der Waals surface area contributed by atoms with E-state index in [1.165, 1.54) is 0 Å². The SMILES string of the molecule is COCCOCC#Cc1cn2cc(-c3ccccc3O)nc2nc1N. The molecule has 0 spiro atoms. The number of ether oxygens (including phenoxy) is 2. The third-order valence-corrected chi connectivity index (χ3v) is 3.49. The van der Waals surface area contributed by atoms with E-state index in [4.69, 9.17) is 15.2 Å². The summed E-state index contributed by atoms with van der Waals surface area (Å²) in [4.78, 5) is 8.67. The Morgan fingerprint density at radius 3 is 2.84 bits per heavy atom. The van der Waals surface area contributed by atoms with Crippen molar-refractivity contribution in [1.82, 2.24) is 14.4 Å². The Morgan fingerprint density at radius 1 is 1.20 bits per heavy atom. The fourth-order valence-electron chi connectivity index (χ4n) is 2.25. The first kappa shape index (κ1) is 16.8. The van der Waals surface area contributed by atoms with Crippen LogP contribution in [0.15, 0.2) is 36.7 Å². The number of phenolic OH excluding ortho intramolecular Hbond substituents is 1. The van der Waals surface area contributed by atoms with Gasteiger partial charge in [-0.2, -0.15) is 4.98 Å². The number of hydrogen-bond acceptors (Lipinski definition) is 6. The minimum absolute atomic E-state index is 0.159. The molecule has 3 N–H and O–H groups in total. The van der Waals surface area contributed by atoms with Crippen LogP contribution in [0.1, 0.15) is 5.56 Å². The van der Waals surface area contributed by atoms with Crippen LogP contribution in [0.25, 0.3) is 17.0 Å². The molecule has 3 aromatic rings. The Kier molecular flexibility index (Phi) is 5.14. The molecule has 2 heterocycles. The summed E-state index contributed by atoms with van der Waals surface area (Å²) in [5.41, 5.74) is 7.78. The number of methoxy groups -OCH3 is 1. The zero-order valence-electron chi connectivity index (χ0n) is 13.8. The standard InChI is InChI=1S/C18H18N4O3/c1-24-9-10-25-8-4-5-13-11-22-12-15(20-18(22)21-17(13)19)14-6-2-3-7-16(14)23/h2-3,6-7,11-12,23H,8-10H2,1H3,(H2,19,20,21). The third kappa shape index (κ3) is 3.88. The lowest BCUT2D eigenvalue weighted by Crippen LogP contribution is -2.02. The van der Waals surface area contributed by atoms with E-state index in [9.17, 15) is 5.11 Å². The molecule has 0 atom stereocenters. The molecule has 0 saturated carbocycles. The van der Waals surface area contributed by atoms with Gasteiger partial charge in [-0.25, -0.2) is 4.98 Å². The van der Waals surface area contributed by atoms with Crippen LogP contribution >= 0.6 is 0 Å². The van der Waals surface area contributed by atoms with Crippen LogP contribution in [-0.2, 0) is 9.47 Å². The molecule has 0 radical (unpaired) electrons. The van der Waals surface area contributed by atoms with E-state index in [0.717, 1.165) is 0 Å². The Hall–Kier alpha value is -3.08. The predicted molar refractivity (Wildman–Crippen MR) is 94.1 cm³/mol. The summed E-state index contributed by atoms with van der Waals surface area (Å²) in [6, 6.07) is 6.99. The van der Waals surface area contributed by atoms with Crippen molar-refractivity contribution in [3.05, 3.63) is 42.2 Å². The molecule has 1 aromatic carbocycles. The van der Waals surface area contributed by atoms with E-state index < -0.39 is 0 Å². The highest BCUT2D eigenvalue weighted by atomic mass is 16.5. The van der Waals surface area contributed by atoms with E-state index in [2.05, 4.69) is 21.8 Å². The molecule has 0 aliphatic rings. The second-order valence-corrected chi connectivity index (χ2v) is 5.24. The largest absolute Gasteiger partial charge is 0.507 e. The first-order valence-corrected chi connectivity index (χ1v) is 7.68. The fraction of sp³-hybridized carbons (Fsp3) is 0.222. The maximum atomic E-state index is 9.96. The van der Waals surface area contributed by atoms with Crippen molar-refractivity contribution in [2.45, 2.75) is 0 Å². The quantitative estimate of drug-likeness (QED) is 0.543. The van der Waals surface area contributed by atoms with E-state index in [0.29, 0.717) is 41.6 Å². The van der Waals surface area contributed by atoms with Crippen LogP contribution in [0.2, 0.25) is 0 Å². The molecule has 0 saturated heterocycles. The average Bonchev–Trinajstić information content (AvgIpc) is 3.00. The van der Waals surface area contributed by atoms with Gasteiger partial charge in [0, 0.05) is 25.1 Å². The fourth-order valence-corrected chi connectivity index (χ4v) is 2.25. The monoisotopic (exact) mass is 338 g/mol. The van der Waals surface area contributed by atoms with E-state index in [1.54, 1.807) is 42.1 Å². The van der Waals surface area contributed by atoms with Crippen molar-refractivity contribution in [1.29, 1.82) is 0 Å². The number of imidazole rings is 1. The number of aromatic nitrogens is 3. The highest BCUT2D eigenvalue weighted by Crippen LogP contribution is 2.28. The lowest BCUT2D eigenvalue weighted by atomic mass is 10.1. The Labute approximate surface area is 145 Å². The van der Waals surface area contributed by atoms with Crippen molar-refractivity contribution >= 4 is 11.6 Å². The molecule has 3 rings (SSSR count). The average molecular weight is 338 g/mol. The number of rotatable bonds is 5. The molecule has 0 aliphatic heterocycles. The van der Waals surface area contributed by atoms with Crippen LogP contribution in [0.5, 0.6) is 5.75 Å². The Bertz CT molecular complexity index is 940. The minimum atomic E-state index is 0.159. The van der Waals surface area contributed by atoms with Gasteiger partial charge >= 0.3 is 0 Å². The van der Waals surface area contributed by atoms with Crippen molar-refractivity contribution in [3.8, 4) is 28.8 Å². The summed E-state index contributed by atoms with van der Waals surface area (Å²) in [5, 5.41) is 9.96. The third-order valence-electron chi connectivity index (χ3n) is 3.49. The number of phenols is 1. The van der Waals surface area contributed by atoms with Gasteiger partial charge in [-0.15, -0.1) is 0 Å². The molecule has 128 valence electrons. The number of hydrogen-bond donors (Lipinski definition) is 2. The zero-order valence-corrected chi connectivity index (χ0v) is 13.8. The van der Waals surface area contributed by atoms with Gasteiger partial charge in [0.05, 0.1) is 24.5 Å². The number of nitrogens with two attached hydrogens (primary N) is 1. The van der Waals surface area contributed by atoms with Gasteiger partial charge < -0.3 is 20.3 Å². The summed E-state index contributed by atoms with van der Waals surface area (Å²) < 4.78 is 11.9. The van der Waals surface area contributed by atoms with Gasteiger partial charge in [-0.1, -0.05) is 24.0 Å². The van der Waals surface area contributed by atoms with Crippen molar-refractivity contribution in [2.75, 3.05) is 32.7 Å². The van der Waals surface area contributed by atoms with E-state index in [-0.39, 0.29) is 12.4 Å². The molecular formula is C18H18N4O3. The van der Waals surface area contributed by atoms with Crippen molar-refractivity contribution in [2.24, 2.45) is 0 Å². The molecule has 2 aromatic heterocycles. The van der Waals surface area contributed by atoms with Crippen LogP contribution in [0, 0.1) is 11.8 Å². The van der Waals surface area contributed by atoms with Gasteiger partial charge in [-0.05, 0) is 12.1 Å². The second-order valence-electron chi connectivity index (χ2n) is 5.24. The maximum absolute atomic E-state index is 9.96. The van der Waals surface area contributed by atoms with Gasteiger partial charge in [-0.3, -0.25) is 4.40 Å². The van der Waals surface area contributed by atoms with E-state index in [1.807, 2.05) is 6.07 Å². The predicted octanol–water partition coefficient (Wildman–Crippen LogP) is 1.70. The van der Waals surface area contributed by atoms with Gasteiger partial charge in [0.1, 0.15) is 18.2 Å². The summed E-state index contributed by atoms with van der Waals surface area (Å²) in [7, 11) is 1.62. The topological polar surface area (TPSA) is 94.9 Å². The molecular weight excluding hydrogens is 320 g/mol. The first-order valence-electron chi connectivity index (χ1n) is 7.68. The van der Waals surface area contributed by atoms with Gasteiger partial charge in [0.15, 0.2) is 0 Å². The molecule has 0 bridgehead atoms. The number of fused-ring (bicyclic) bond motifs is 1. The number of aromatic hydroxyl groups is 1. The summed E-state index contributed by atoms with van der Waals surface area (Å²) >= 11 is 0. The number of anilines is 1. The molecule has 7 nitrogen and oxygen atoms in total. The highest BCUT2D eigenvalue weighted by Gasteiger charge is 2.10. The first-order chi connectivity index (χ1) is 12.2. The highest BCUT2D eigenvalue weighted by molar-refractivity contribution is 5.68. The van der Waals surface area contributed by atoms with Crippen LogP contribution in [0.3, 0.4) is 0 Å². The van der Waals surface area contributed by atoms with Gasteiger partial charge in [0.2, 0.25) is 5.78 Å². The molecule has 0 amide bonds. The number of benzene rings is 1. The van der Waals surface area contributed by atoms with Crippen LogP contribution in [-0.4, -0.2) is 46.4 Å². The van der Waals surface area contributed by atoms with Crippen LogP contribution in [0.4, 0.5) is 5.82 Å². The molecule has 25 heavy (non-hydrogen) atoms. The number of nitrogen functional groups attached to an aromatic ring is 1. The van der Waals surface area contributed by atoms with Crippen molar-refractivity contribution < 1.29 is 14.6 Å². The molecule has 0 fully saturated rings. The van der Waals surface area contributed by atoms with Crippen LogP contribution < -0.4 is 5.73 Å². The Morgan fingerprint density at radius 2 is 2.04 bits per heavy atom. The molecule has 7 heteroatoms.